The van der Waals surface area contributed by atoms with Gasteiger partial charge in [0.15, 0.2) is 0 Å². The van der Waals surface area contributed by atoms with Crippen LogP contribution in [0, 0.1) is 30.6 Å². The van der Waals surface area contributed by atoms with Gasteiger partial charge in [-0.1, -0.05) is 67.1 Å². The highest BCUT2D eigenvalue weighted by Gasteiger charge is 2.44. The van der Waals surface area contributed by atoms with Crippen LogP contribution in [0.3, 0.4) is 0 Å². The lowest BCUT2D eigenvalue weighted by Crippen LogP contribution is -2.21. The molecule has 5 unspecified atom stereocenters. The molecule has 120 valence electrons. The number of hydrogen-bond acceptors (Lipinski definition) is 0. The molecule has 0 radical (unpaired) electrons. The third-order valence-electron chi connectivity index (χ3n) is 6.43. The van der Waals surface area contributed by atoms with Gasteiger partial charge in [0, 0.05) is 0 Å². The Morgan fingerprint density at radius 2 is 1.61 bits per heavy atom. The maximum atomic E-state index is 2.52. The van der Waals surface area contributed by atoms with Gasteiger partial charge >= 0.3 is 0 Å². The Morgan fingerprint density at radius 1 is 0.870 bits per heavy atom. The Kier molecular flexibility index (Phi) is 4.01. The van der Waals surface area contributed by atoms with E-state index >= 15 is 0 Å². The van der Waals surface area contributed by atoms with E-state index in [-0.39, 0.29) is 0 Å². The number of hydrogen-bond donors (Lipinski definition) is 0. The first-order valence-electron chi connectivity index (χ1n) is 9.33. The Balaban J connectivity index is 1.75. The van der Waals surface area contributed by atoms with Crippen LogP contribution >= 0.6 is 0 Å². The number of rotatable bonds is 0. The van der Waals surface area contributed by atoms with E-state index in [4.69, 9.17) is 0 Å². The second-order valence-corrected chi connectivity index (χ2v) is 7.97. The van der Waals surface area contributed by atoms with Gasteiger partial charge in [0.2, 0.25) is 0 Å². The maximum absolute atomic E-state index is 2.52. The Labute approximate surface area is 141 Å². The minimum Gasteiger partial charge on any atom is -0.0848 e. The summed E-state index contributed by atoms with van der Waals surface area (Å²) in [5.41, 5.74) is 4.34. The molecule has 4 bridgehead atoms. The first-order chi connectivity index (χ1) is 11.2. The highest BCUT2D eigenvalue weighted by Crippen LogP contribution is 2.53. The second-order valence-electron chi connectivity index (χ2n) is 7.97. The fraction of sp³-hybridized carbons (Fsp3) is 0.478. The molecule has 0 heterocycles. The molecule has 0 heteroatoms. The van der Waals surface area contributed by atoms with Gasteiger partial charge in [0.25, 0.3) is 0 Å². The molecule has 1 aromatic carbocycles. The third-order valence-corrected chi connectivity index (χ3v) is 6.43. The Hall–Kier alpha value is -1.56. The molecule has 1 aromatic rings. The summed E-state index contributed by atoms with van der Waals surface area (Å²) in [6.45, 7) is 4.61. The predicted octanol–water partition coefficient (Wildman–Crippen LogP) is 6.00. The molecule has 1 saturated carbocycles. The maximum Gasteiger partial charge on any atom is -0.0187 e. The van der Waals surface area contributed by atoms with Crippen LogP contribution in [-0.2, 0) is 6.42 Å². The summed E-state index contributed by atoms with van der Waals surface area (Å²) in [5, 5.41) is 0. The van der Waals surface area contributed by atoms with Crippen molar-refractivity contribution in [2.45, 2.75) is 45.4 Å². The van der Waals surface area contributed by atoms with Crippen LogP contribution < -0.4 is 0 Å². The fourth-order valence-electron chi connectivity index (χ4n) is 5.14. The molecular formula is C23H28. The molecule has 3 aliphatic rings. The largest absolute Gasteiger partial charge is 0.0848 e. The highest BCUT2D eigenvalue weighted by molar-refractivity contribution is 5.26. The molecule has 4 rings (SSSR count). The van der Waals surface area contributed by atoms with Gasteiger partial charge in [-0.3, -0.25) is 0 Å². The van der Waals surface area contributed by atoms with Crippen molar-refractivity contribution < 1.29 is 0 Å². The molecule has 0 spiro atoms. The first kappa shape index (κ1) is 15.0. The van der Waals surface area contributed by atoms with Crippen molar-refractivity contribution >= 4 is 0 Å². The first-order valence-corrected chi connectivity index (χ1v) is 9.33. The average molecular weight is 304 g/mol. The summed E-state index contributed by atoms with van der Waals surface area (Å²) in [6, 6.07) is 16.1. The zero-order valence-electron chi connectivity index (χ0n) is 14.4. The standard InChI is InChI=1S/C23H28/c1-16-5-3-7-18-9-12-22-20-10-11-21(15-20)23(22)13-17(2)19(14-18)8-4-6-16/h3-8,10-11,14,17,20-23H,9,12-13,15H2,1-2H3. The van der Waals surface area contributed by atoms with Crippen LogP contribution in [-0.4, -0.2) is 0 Å². The van der Waals surface area contributed by atoms with Gasteiger partial charge in [0.05, 0.1) is 0 Å². The van der Waals surface area contributed by atoms with Gasteiger partial charge in [0.1, 0.15) is 0 Å². The monoisotopic (exact) mass is 304 g/mol. The van der Waals surface area contributed by atoms with Crippen molar-refractivity contribution in [2.24, 2.45) is 23.7 Å². The smallest absolute Gasteiger partial charge is 0.0187 e. The van der Waals surface area contributed by atoms with Crippen LogP contribution in [0.2, 0.25) is 0 Å². The SMILES string of the molecule is Cc1cccc2cc(ccc1)C(C)CC1C3C=CC(C3)C1CC2. The summed E-state index contributed by atoms with van der Waals surface area (Å²) in [5.74, 6) is 4.22. The molecule has 5 atom stereocenters. The quantitative estimate of drug-likeness (QED) is 0.516. The summed E-state index contributed by atoms with van der Waals surface area (Å²) in [6.07, 6.45) is 10.4. The molecule has 0 nitrogen and oxygen atoms in total. The second kappa shape index (κ2) is 6.15. The van der Waals surface area contributed by atoms with Crippen molar-refractivity contribution in [1.82, 2.24) is 0 Å². The van der Waals surface area contributed by atoms with E-state index in [0.717, 1.165) is 23.7 Å². The lowest BCUT2D eigenvalue weighted by molar-refractivity contribution is 0.264. The van der Waals surface area contributed by atoms with E-state index in [2.05, 4.69) is 68.5 Å². The van der Waals surface area contributed by atoms with Gasteiger partial charge in [-0.15, -0.1) is 0 Å². The van der Waals surface area contributed by atoms with E-state index in [9.17, 15) is 0 Å². The van der Waals surface area contributed by atoms with E-state index in [1.54, 1.807) is 0 Å². The molecule has 3 aliphatic carbocycles. The fourth-order valence-corrected chi connectivity index (χ4v) is 5.14. The van der Waals surface area contributed by atoms with Crippen molar-refractivity contribution in [1.29, 1.82) is 0 Å². The summed E-state index contributed by atoms with van der Waals surface area (Å²) in [7, 11) is 0. The lowest BCUT2D eigenvalue weighted by Gasteiger charge is -2.29. The van der Waals surface area contributed by atoms with Gasteiger partial charge in [-0.25, -0.2) is 0 Å². The van der Waals surface area contributed by atoms with Crippen molar-refractivity contribution in [3.63, 3.8) is 0 Å². The molecule has 0 aromatic heterocycles. The van der Waals surface area contributed by atoms with E-state index in [0.29, 0.717) is 5.92 Å². The molecular weight excluding hydrogens is 276 g/mol. The lowest BCUT2D eigenvalue weighted by atomic mass is 9.75. The van der Waals surface area contributed by atoms with Crippen LogP contribution in [0.4, 0.5) is 0 Å². The van der Waals surface area contributed by atoms with Crippen molar-refractivity contribution in [3.8, 4) is 0 Å². The molecule has 0 N–H and O–H groups in total. The average Bonchev–Trinajstić information content (AvgIpc) is 3.13. The highest BCUT2D eigenvalue weighted by atomic mass is 14.5. The molecule has 23 heavy (non-hydrogen) atoms. The molecule has 1 fully saturated rings. The number of allylic oxidation sites excluding steroid dienone is 2. The zero-order chi connectivity index (χ0) is 15.8. The van der Waals surface area contributed by atoms with Crippen LogP contribution in [0.5, 0.6) is 0 Å². The molecule has 0 aliphatic heterocycles. The van der Waals surface area contributed by atoms with Gasteiger partial charge in [-0.2, -0.15) is 0 Å². The van der Waals surface area contributed by atoms with E-state index < -0.39 is 0 Å². The zero-order valence-corrected chi connectivity index (χ0v) is 14.4. The topological polar surface area (TPSA) is 0 Å². The number of aryl methyl sites for hydroxylation is 2. The van der Waals surface area contributed by atoms with E-state index in [1.165, 1.54) is 42.4 Å². The van der Waals surface area contributed by atoms with Crippen LogP contribution in [0.15, 0.2) is 54.6 Å². The minimum absolute atomic E-state index is 0.658. The van der Waals surface area contributed by atoms with Crippen LogP contribution in [0.25, 0.3) is 0 Å². The summed E-state index contributed by atoms with van der Waals surface area (Å²) >= 11 is 0. The summed E-state index contributed by atoms with van der Waals surface area (Å²) < 4.78 is 0. The van der Waals surface area contributed by atoms with E-state index in [1.807, 2.05) is 0 Å². The normalized spacial score (nSPS) is 34.1. The predicted molar refractivity (Wildman–Crippen MR) is 97.9 cm³/mol. The van der Waals surface area contributed by atoms with Gasteiger partial charge < -0.3 is 0 Å². The number of fused-ring (bicyclic) bond motifs is 7. The molecule has 0 amide bonds. The van der Waals surface area contributed by atoms with Gasteiger partial charge in [-0.05, 0) is 73.3 Å². The Morgan fingerprint density at radius 3 is 2.43 bits per heavy atom. The minimum atomic E-state index is 0.658. The Bertz CT molecular complexity index is 668. The van der Waals surface area contributed by atoms with Crippen LogP contribution in [0.1, 0.15) is 48.8 Å². The third kappa shape index (κ3) is 2.96. The van der Waals surface area contributed by atoms with Crippen molar-refractivity contribution in [3.05, 3.63) is 71.3 Å². The van der Waals surface area contributed by atoms with Crippen molar-refractivity contribution in [2.75, 3.05) is 0 Å². The summed E-state index contributed by atoms with van der Waals surface area (Å²) in [4.78, 5) is 0. The molecule has 0 saturated heterocycles.